The molecule has 0 amide bonds. The smallest absolute Gasteiger partial charge is 0.308 e. The summed E-state index contributed by atoms with van der Waals surface area (Å²) in [5, 5.41) is 19.7. The standard InChI is InChI=1S/C11H18N4O2/c1-4-5-9(10(16)17)6-12-11-13-7(2)8(3)14-15-11/h9H,4-6H2,1-3H3,(H,16,17)(H,12,13,15). The molecule has 6 heteroatoms. The van der Waals surface area contributed by atoms with Crippen molar-refractivity contribution in [1.29, 1.82) is 0 Å². The zero-order chi connectivity index (χ0) is 12.8. The average Bonchev–Trinajstić information content (AvgIpc) is 2.28. The highest BCUT2D eigenvalue weighted by Crippen LogP contribution is 2.08. The van der Waals surface area contributed by atoms with Crippen LogP contribution in [-0.2, 0) is 4.79 Å². The molecule has 94 valence electrons. The number of rotatable bonds is 6. The minimum atomic E-state index is -0.795. The molecule has 1 aromatic rings. The molecule has 0 bridgehead atoms. The summed E-state index contributed by atoms with van der Waals surface area (Å²) in [5.41, 5.74) is 1.57. The fourth-order valence-electron chi connectivity index (χ4n) is 1.41. The molecule has 0 fully saturated rings. The van der Waals surface area contributed by atoms with Gasteiger partial charge in [-0.15, -0.1) is 5.10 Å². The van der Waals surface area contributed by atoms with Crippen molar-refractivity contribution in [2.45, 2.75) is 33.6 Å². The van der Waals surface area contributed by atoms with Crippen LogP contribution in [0.4, 0.5) is 5.95 Å². The lowest BCUT2D eigenvalue weighted by Crippen LogP contribution is -2.23. The van der Waals surface area contributed by atoms with Crippen LogP contribution in [0.2, 0.25) is 0 Å². The number of carbonyl (C=O) groups is 1. The monoisotopic (exact) mass is 238 g/mol. The highest BCUT2D eigenvalue weighted by Gasteiger charge is 2.16. The molecule has 1 heterocycles. The molecule has 1 rings (SSSR count). The van der Waals surface area contributed by atoms with Gasteiger partial charge in [-0.25, -0.2) is 4.98 Å². The summed E-state index contributed by atoms with van der Waals surface area (Å²) < 4.78 is 0. The summed E-state index contributed by atoms with van der Waals surface area (Å²) in [7, 11) is 0. The average molecular weight is 238 g/mol. The van der Waals surface area contributed by atoms with Gasteiger partial charge in [0, 0.05) is 6.54 Å². The number of nitrogens with one attached hydrogen (secondary N) is 1. The Bertz CT molecular complexity index is 395. The Hall–Kier alpha value is -1.72. The molecule has 0 aliphatic rings. The maximum absolute atomic E-state index is 10.9. The van der Waals surface area contributed by atoms with E-state index < -0.39 is 11.9 Å². The van der Waals surface area contributed by atoms with Crippen LogP contribution in [0.5, 0.6) is 0 Å². The van der Waals surface area contributed by atoms with Crippen LogP contribution in [0.15, 0.2) is 0 Å². The quantitative estimate of drug-likeness (QED) is 0.778. The van der Waals surface area contributed by atoms with Crippen molar-refractivity contribution in [3.8, 4) is 0 Å². The van der Waals surface area contributed by atoms with Gasteiger partial charge in [0.05, 0.1) is 17.3 Å². The first-order valence-corrected chi connectivity index (χ1v) is 5.69. The van der Waals surface area contributed by atoms with E-state index in [-0.39, 0.29) is 0 Å². The lowest BCUT2D eigenvalue weighted by molar-refractivity contribution is -0.141. The Morgan fingerprint density at radius 2 is 2.06 bits per heavy atom. The number of hydrogen-bond acceptors (Lipinski definition) is 5. The third-order valence-electron chi connectivity index (χ3n) is 2.58. The van der Waals surface area contributed by atoms with Crippen LogP contribution in [0.25, 0.3) is 0 Å². The Balaban J connectivity index is 2.59. The van der Waals surface area contributed by atoms with Crippen molar-refractivity contribution in [2.24, 2.45) is 5.92 Å². The van der Waals surface area contributed by atoms with Crippen LogP contribution >= 0.6 is 0 Å². The summed E-state index contributed by atoms with van der Waals surface area (Å²) in [6.07, 6.45) is 1.48. The molecule has 6 nitrogen and oxygen atoms in total. The van der Waals surface area contributed by atoms with Gasteiger partial charge >= 0.3 is 5.97 Å². The number of hydrogen-bond donors (Lipinski definition) is 2. The number of anilines is 1. The molecule has 0 aromatic carbocycles. The lowest BCUT2D eigenvalue weighted by atomic mass is 10.0. The number of carboxylic acid groups (broad SMARTS) is 1. The molecule has 0 radical (unpaired) electrons. The van der Waals surface area contributed by atoms with Gasteiger partial charge < -0.3 is 10.4 Å². The minimum absolute atomic E-state index is 0.327. The van der Waals surface area contributed by atoms with E-state index in [0.717, 1.165) is 17.8 Å². The predicted octanol–water partition coefficient (Wildman–Crippen LogP) is 1.40. The van der Waals surface area contributed by atoms with Crippen molar-refractivity contribution in [3.63, 3.8) is 0 Å². The molecular formula is C11H18N4O2. The number of carboxylic acids is 1. The van der Waals surface area contributed by atoms with Crippen molar-refractivity contribution < 1.29 is 9.90 Å². The number of nitrogens with zero attached hydrogens (tertiary/aromatic N) is 3. The maximum atomic E-state index is 10.9. The van der Waals surface area contributed by atoms with E-state index in [1.165, 1.54) is 0 Å². The van der Waals surface area contributed by atoms with Gasteiger partial charge in [0.25, 0.3) is 0 Å². The van der Waals surface area contributed by atoms with Crippen molar-refractivity contribution in [3.05, 3.63) is 11.4 Å². The first kappa shape index (κ1) is 13.3. The molecule has 1 unspecified atom stereocenters. The normalized spacial score (nSPS) is 12.2. The largest absolute Gasteiger partial charge is 0.481 e. The van der Waals surface area contributed by atoms with Crippen molar-refractivity contribution in [2.75, 3.05) is 11.9 Å². The van der Waals surface area contributed by atoms with Gasteiger partial charge in [-0.05, 0) is 20.3 Å². The second kappa shape index (κ2) is 6.12. The van der Waals surface area contributed by atoms with Crippen molar-refractivity contribution in [1.82, 2.24) is 15.2 Å². The second-order valence-electron chi connectivity index (χ2n) is 4.01. The Labute approximate surface area is 100 Å². The van der Waals surface area contributed by atoms with Crippen LogP contribution in [0.1, 0.15) is 31.2 Å². The van der Waals surface area contributed by atoms with Gasteiger partial charge in [-0.1, -0.05) is 13.3 Å². The van der Waals surface area contributed by atoms with Crippen LogP contribution in [-0.4, -0.2) is 32.8 Å². The Morgan fingerprint density at radius 3 is 2.59 bits per heavy atom. The molecule has 0 saturated heterocycles. The zero-order valence-electron chi connectivity index (χ0n) is 10.4. The van der Waals surface area contributed by atoms with Gasteiger partial charge in [-0.3, -0.25) is 4.79 Å². The maximum Gasteiger partial charge on any atom is 0.308 e. The fraction of sp³-hybridized carbons (Fsp3) is 0.636. The molecule has 2 N–H and O–H groups in total. The van der Waals surface area contributed by atoms with Gasteiger partial charge in [0.1, 0.15) is 0 Å². The highest BCUT2D eigenvalue weighted by atomic mass is 16.4. The molecule has 1 aromatic heterocycles. The van der Waals surface area contributed by atoms with Gasteiger partial charge in [0.2, 0.25) is 5.95 Å². The SMILES string of the molecule is CCCC(CNc1nnc(C)c(C)n1)C(=O)O. The number of aliphatic carboxylic acids is 1. The van der Waals surface area contributed by atoms with Crippen LogP contribution in [0, 0.1) is 19.8 Å². The fourth-order valence-corrected chi connectivity index (χ4v) is 1.41. The van der Waals surface area contributed by atoms with Crippen LogP contribution in [0.3, 0.4) is 0 Å². The molecule has 0 saturated carbocycles. The van der Waals surface area contributed by atoms with E-state index in [2.05, 4.69) is 20.5 Å². The van der Waals surface area contributed by atoms with E-state index >= 15 is 0 Å². The van der Waals surface area contributed by atoms with Crippen molar-refractivity contribution >= 4 is 11.9 Å². The number of aromatic nitrogens is 3. The third-order valence-corrected chi connectivity index (χ3v) is 2.58. The second-order valence-corrected chi connectivity index (χ2v) is 4.01. The molecule has 0 aliphatic carbocycles. The predicted molar refractivity (Wildman–Crippen MR) is 63.8 cm³/mol. The van der Waals surface area contributed by atoms with E-state index in [1.807, 2.05) is 20.8 Å². The van der Waals surface area contributed by atoms with E-state index in [1.54, 1.807) is 0 Å². The molecule has 0 spiro atoms. The third kappa shape index (κ3) is 3.97. The van der Waals surface area contributed by atoms with E-state index in [9.17, 15) is 4.79 Å². The Kier molecular flexibility index (Phi) is 4.81. The topological polar surface area (TPSA) is 88.0 Å². The van der Waals surface area contributed by atoms with Gasteiger partial charge in [0.15, 0.2) is 0 Å². The van der Waals surface area contributed by atoms with Gasteiger partial charge in [-0.2, -0.15) is 5.10 Å². The van der Waals surface area contributed by atoms with E-state index in [4.69, 9.17) is 5.11 Å². The highest BCUT2D eigenvalue weighted by molar-refractivity contribution is 5.70. The summed E-state index contributed by atoms with van der Waals surface area (Å²) >= 11 is 0. The summed E-state index contributed by atoms with van der Waals surface area (Å²) in [6.45, 7) is 5.96. The van der Waals surface area contributed by atoms with E-state index in [0.29, 0.717) is 18.9 Å². The number of aryl methyl sites for hydroxylation is 2. The molecule has 1 atom stereocenters. The lowest BCUT2D eigenvalue weighted by Gasteiger charge is -2.12. The zero-order valence-corrected chi connectivity index (χ0v) is 10.4. The molecule has 17 heavy (non-hydrogen) atoms. The first-order chi connectivity index (χ1) is 8.04. The Morgan fingerprint density at radius 1 is 1.35 bits per heavy atom. The molecular weight excluding hydrogens is 220 g/mol. The molecule has 0 aliphatic heterocycles. The summed E-state index contributed by atoms with van der Waals surface area (Å²) in [4.78, 5) is 15.1. The minimum Gasteiger partial charge on any atom is -0.481 e. The summed E-state index contributed by atoms with van der Waals surface area (Å²) in [5.74, 6) is -0.822. The van der Waals surface area contributed by atoms with Crippen LogP contribution < -0.4 is 5.32 Å². The summed E-state index contributed by atoms with van der Waals surface area (Å²) in [6, 6.07) is 0. The first-order valence-electron chi connectivity index (χ1n) is 5.69.